The Labute approximate surface area is 182 Å². The summed E-state index contributed by atoms with van der Waals surface area (Å²) in [5.41, 5.74) is 2.78. The Bertz CT molecular complexity index is 1050. The lowest BCUT2D eigenvalue weighted by Crippen LogP contribution is -2.41. The molecule has 1 amide bonds. The topological polar surface area (TPSA) is 66.5 Å². The van der Waals surface area contributed by atoms with Gasteiger partial charge >= 0.3 is 0 Å². The lowest BCUT2D eigenvalue weighted by atomic mass is 10.0. The number of aromatic nitrogens is 1. The summed E-state index contributed by atoms with van der Waals surface area (Å²) in [6, 6.07) is 20.8. The Hall–Kier alpha value is -2.96. The molecular formula is C25H28N4O2. The number of ether oxygens (including phenoxy) is 1. The molecule has 5 rings (SSSR count). The number of benzene rings is 2. The number of anilines is 1. The average Bonchev–Trinajstić information content (AvgIpc) is 3.64. The van der Waals surface area contributed by atoms with E-state index in [1.165, 1.54) is 5.56 Å². The van der Waals surface area contributed by atoms with Crippen LogP contribution in [0.5, 0.6) is 0 Å². The number of para-hydroxylation sites is 1. The Morgan fingerprint density at radius 2 is 1.81 bits per heavy atom. The summed E-state index contributed by atoms with van der Waals surface area (Å²) in [5, 5.41) is 7.53. The van der Waals surface area contributed by atoms with Crippen LogP contribution in [0.15, 0.2) is 60.7 Å². The van der Waals surface area contributed by atoms with E-state index in [-0.39, 0.29) is 11.9 Å². The van der Waals surface area contributed by atoms with Crippen LogP contribution >= 0.6 is 0 Å². The zero-order valence-electron chi connectivity index (χ0n) is 17.6. The molecule has 2 fully saturated rings. The highest BCUT2D eigenvalue weighted by Crippen LogP contribution is 2.26. The smallest absolute Gasteiger partial charge is 0.252 e. The molecule has 6 nitrogen and oxygen atoms in total. The van der Waals surface area contributed by atoms with Gasteiger partial charge in [-0.05, 0) is 30.5 Å². The summed E-state index contributed by atoms with van der Waals surface area (Å²) in [6.45, 7) is 4.02. The number of hydrogen-bond acceptors (Lipinski definition) is 5. The van der Waals surface area contributed by atoms with Crippen LogP contribution in [-0.2, 0) is 4.74 Å². The number of morpholine rings is 1. The Morgan fingerprint density at radius 3 is 2.58 bits per heavy atom. The lowest BCUT2D eigenvalue weighted by Gasteiger charge is -2.35. The Morgan fingerprint density at radius 1 is 1.06 bits per heavy atom. The predicted octanol–water partition coefficient (Wildman–Crippen LogP) is 3.61. The molecule has 2 aromatic carbocycles. The van der Waals surface area contributed by atoms with Gasteiger partial charge in [-0.3, -0.25) is 9.69 Å². The van der Waals surface area contributed by atoms with Gasteiger partial charge in [-0.15, -0.1) is 0 Å². The molecule has 6 heteroatoms. The summed E-state index contributed by atoms with van der Waals surface area (Å²) in [4.78, 5) is 20.1. The first kappa shape index (κ1) is 20.0. The molecule has 0 bridgehead atoms. The van der Waals surface area contributed by atoms with Crippen molar-refractivity contribution in [2.45, 2.75) is 24.9 Å². The lowest BCUT2D eigenvalue weighted by molar-refractivity contribution is 0.0187. The summed E-state index contributed by atoms with van der Waals surface area (Å²) in [7, 11) is 0. The number of carbonyl (C=O) groups excluding carboxylic acids is 1. The molecule has 3 aromatic rings. The number of amides is 1. The number of rotatable bonds is 7. The third-order valence-corrected chi connectivity index (χ3v) is 6.02. The highest BCUT2D eigenvalue weighted by Gasteiger charge is 2.26. The molecule has 1 atom stereocenters. The second-order valence-corrected chi connectivity index (χ2v) is 8.28. The Kier molecular flexibility index (Phi) is 5.82. The standard InChI is InChI=1S/C25H28N4O2/c30-25(27-19-10-11-19)21-16-24(28-22-9-5-4-8-20(21)22)26-17-23(18-6-2-1-3-7-18)29-12-14-31-15-13-29/h1-9,16,19,23H,10-15,17H2,(H,26,28)(H,27,30). The molecule has 1 aliphatic carbocycles. The van der Waals surface area contributed by atoms with E-state index in [2.05, 4.69) is 39.8 Å². The van der Waals surface area contributed by atoms with Crippen molar-refractivity contribution >= 4 is 22.6 Å². The van der Waals surface area contributed by atoms with Crippen molar-refractivity contribution in [3.8, 4) is 0 Å². The molecule has 2 N–H and O–H groups in total. The van der Waals surface area contributed by atoms with Gasteiger partial charge in [0.15, 0.2) is 0 Å². The van der Waals surface area contributed by atoms with Gasteiger partial charge in [0.05, 0.1) is 30.3 Å². The monoisotopic (exact) mass is 416 g/mol. The normalized spacial score (nSPS) is 17.9. The molecule has 2 aliphatic rings. The predicted molar refractivity (Wildman–Crippen MR) is 122 cm³/mol. The third kappa shape index (κ3) is 4.70. The molecule has 1 saturated carbocycles. The van der Waals surface area contributed by atoms with Crippen molar-refractivity contribution in [1.29, 1.82) is 0 Å². The van der Waals surface area contributed by atoms with Crippen LogP contribution in [0, 0.1) is 0 Å². The van der Waals surface area contributed by atoms with E-state index in [0.29, 0.717) is 18.2 Å². The summed E-state index contributed by atoms with van der Waals surface area (Å²) in [5.74, 6) is 0.714. The van der Waals surface area contributed by atoms with Crippen LogP contribution in [0.25, 0.3) is 10.9 Å². The minimum atomic E-state index is -0.0167. The van der Waals surface area contributed by atoms with Crippen LogP contribution in [0.2, 0.25) is 0 Å². The maximum atomic E-state index is 12.9. The SMILES string of the molecule is O=C(NC1CC1)c1cc(NCC(c2ccccc2)N2CCOCC2)nc2ccccc12. The van der Waals surface area contributed by atoms with Crippen molar-refractivity contribution in [2.24, 2.45) is 0 Å². The number of carbonyl (C=O) groups is 1. The maximum Gasteiger partial charge on any atom is 0.252 e. The van der Waals surface area contributed by atoms with E-state index in [9.17, 15) is 4.79 Å². The minimum absolute atomic E-state index is 0.0167. The molecule has 1 saturated heterocycles. The zero-order valence-corrected chi connectivity index (χ0v) is 17.6. The molecular weight excluding hydrogens is 388 g/mol. The van der Waals surface area contributed by atoms with Gasteiger partial charge in [-0.25, -0.2) is 4.98 Å². The molecule has 1 aliphatic heterocycles. The molecule has 31 heavy (non-hydrogen) atoms. The van der Waals surface area contributed by atoms with Gasteiger partial charge in [-0.1, -0.05) is 48.5 Å². The molecule has 0 spiro atoms. The van der Waals surface area contributed by atoms with Gasteiger partial charge in [0.25, 0.3) is 5.91 Å². The van der Waals surface area contributed by atoms with Crippen molar-refractivity contribution in [3.63, 3.8) is 0 Å². The first-order valence-electron chi connectivity index (χ1n) is 11.1. The number of pyridine rings is 1. The summed E-state index contributed by atoms with van der Waals surface area (Å²) >= 11 is 0. The van der Waals surface area contributed by atoms with Crippen LogP contribution in [0.3, 0.4) is 0 Å². The second-order valence-electron chi connectivity index (χ2n) is 8.28. The van der Waals surface area contributed by atoms with Crippen molar-refractivity contribution in [1.82, 2.24) is 15.2 Å². The van der Waals surface area contributed by atoms with Crippen LogP contribution in [0.4, 0.5) is 5.82 Å². The molecule has 0 radical (unpaired) electrons. The largest absolute Gasteiger partial charge is 0.379 e. The van der Waals surface area contributed by atoms with Crippen molar-refractivity contribution in [2.75, 3.05) is 38.2 Å². The zero-order chi connectivity index (χ0) is 21.0. The van der Waals surface area contributed by atoms with Gasteiger partial charge in [0.2, 0.25) is 0 Å². The molecule has 2 heterocycles. The fourth-order valence-corrected chi connectivity index (χ4v) is 4.17. The fourth-order valence-electron chi connectivity index (χ4n) is 4.17. The summed E-state index contributed by atoms with van der Waals surface area (Å²) in [6.07, 6.45) is 2.14. The van der Waals surface area contributed by atoms with Crippen LogP contribution in [0.1, 0.15) is 34.8 Å². The summed E-state index contributed by atoms with van der Waals surface area (Å²) < 4.78 is 5.56. The van der Waals surface area contributed by atoms with E-state index in [1.54, 1.807) is 0 Å². The third-order valence-electron chi connectivity index (χ3n) is 6.02. The van der Waals surface area contributed by atoms with E-state index in [4.69, 9.17) is 9.72 Å². The molecule has 160 valence electrons. The molecule has 1 unspecified atom stereocenters. The molecule has 1 aromatic heterocycles. The minimum Gasteiger partial charge on any atom is -0.379 e. The number of hydrogen-bond donors (Lipinski definition) is 2. The van der Waals surface area contributed by atoms with Crippen LogP contribution < -0.4 is 10.6 Å². The van der Waals surface area contributed by atoms with Crippen molar-refractivity contribution in [3.05, 3.63) is 71.8 Å². The maximum absolute atomic E-state index is 12.9. The van der Waals surface area contributed by atoms with E-state index >= 15 is 0 Å². The second kappa shape index (κ2) is 9.04. The first-order chi connectivity index (χ1) is 15.3. The van der Waals surface area contributed by atoms with Gasteiger partial charge in [0.1, 0.15) is 5.82 Å². The van der Waals surface area contributed by atoms with E-state index in [1.807, 2.05) is 36.4 Å². The number of nitrogens with one attached hydrogen (secondary N) is 2. The van der Waals surface area contributed by atoms with E-state index in [0.717, 1.165) is 55.9 Å². The van der Waals surface area contributed by atoms with Gasteiger partial charge in [-0.2, -0.15) is 0 Å². The quantitative estimate of drug-likeness (QED) is 0.616. The van der Waals surface area contributed by atoms with Gasteiger partial charge < -0.3 is 15.4 Å². The van der Waals surface area contributed by atoms with Gasteiger partial charge in [0, 0.05) is 31.1 Å². The van der Waals surface area contributed by atoms with Crippen molar-refractivity contribution < 1.29 is 9.53 Å². The fraction of sp³-hybridized carbons (Fsp3) is 0.360. The highest BCUT2D eigenvalue weighted by atomic mass is 16.5. The average molecular weight is 417 g/mol. The van der Waals surface area contributed by atoms with E-state index < -0.39 is 0 Å². The number of fused-ring (bicyclic) bond motifs is 1. The number of nitrogens with zero attached hydrogens (tertiary/aromatic N) is 2. The van der Waals surface area contributed by atoms with Crippen LogP contribution in [-0.4, -0.2) is 54.7 Å². The highest BCUT2D eigenvalue weighted by molar-refractivity contribution is 6.07. The first-order valence-corrected chi connectivity index (χ1v) is 11.1. The Balaban J connectivity index is 1.41.